The third-order valence-corrected chi connectivity index (χ3v) is 3.25. The summed E-state index contributed by atoms with van der Waals surface area (Å²) < 4.78 is 0. The third-order valence-electron chi connectivity index (χ3n) is 2.45. The van der Waals surface area contributed by atoms with Crippen LogP contribution in [0.4, 0.5) is 0 Å². The van der Waals surface area contributed by atoms with Crippen LogP contribution < -0.4 is 5.32 Å². The Morgan fingerprint density at radius 1 is 1.28 bits per heavy atom. The van der Waals surface area contributed by atoms with Gasteiger partial charge in [-0.25, -0.2) is 0 Å². The molecule has 0 atom stereocenters. The molecule has 2 N–H and O–H groups in total. The van der Waals surface area contributed by atoms with E-state index in [-0.39, 0.29) is 12.3 Å². The zero-order chi connectivity index (χ0) is 13.4. The zero-order valence-corrected chi connectivity index (χ0v) is 11.1. The molecule has 1 amide bonds. The van der Waals surface area contributed by atoms with Crippen LogP contribution in [0.1, 0.15) is 29.6 Å². The minimum atomic E-state index is -0.797. The van der Waals surface area contributed by atoms with Crippen molar-refractivity contribution in [2.24, 2.45) is 0 Å². The maximum Gasteiger partial charge on any atom is 0.303 e. The smallest absolute Gasteiger partial charge is 0.303 e. The highest BCUT2D eigenvalue weighted by Gasteiger charge is 2.09. The molecule has 0 aliphatic carbocycles. The van der Waals surface area contributed by atoms with E-state index in [0.29, 0.717) is 24.9 Å². The highest BCUT2D eigenvalue weighted by molar-refractivity contribution is 7.98. The molecule has 98 valence electrons. The molecule has 0 heterocycles. The second kappa shape index (κ2) is 7.76. The van der Waals surface area contributed by atoms with Gasteiger partial charge in [0.2, 0.25) is 0 Å². The summed E-state index contributed by atoms with van der Waals surface area (Å²) in [5.74, 6) is -0.899. The van der Waals surface area contributed by atoms with Gasteiger partial charge < -0.3 is 10.4 Å². The van der Waals surface area contributed by atoms with Crippen LogP contribution in [0, 0.1) is 0 Å². The van der Waals surface area contributed by atoms with Gasteiger partial charge in [0.25, 0.3) is 5.91 Å². The van der Waals surface area contributed by atoms with Crippen molar-refractivity contribution in [1.82, 2.24) is 5.32 Å². The second-order valence-electron chi connectivity index (χ2n) is 3.81. The fourth-order valence-corrected chi connectivity index (χ4v) is 2.13. The van der Waals surface area contributed by atoms with Crippen LogP contribution in [-0.2, 0) is 4.79 Å². The van der Waals surface area contributed by atoms with Crippen molar-refractivity contribution in [2.45, 2.75) is 24.2 Å². The van der Waals surface area contributed by atoms with E-state index in [0.717, 1.165) is 4.90 Å². The first kappa shape index (κ1) is 14.6. The van der Waals surface area contributed by atoms with Crippen molar-refractivity contribution in [1.29, 1.82) is 0 Å². The number of carbonyl (C=O) groups is 2. The van der Waals surface area contributed by atoms with Crippen LogP contribution >= 0.6 is 11.8 Å². The molecule has 1 aromatic carbocycles. The fourth-order valence-electron chi connectivity index (χ4n) is 1.53. The molecule has 0 unspecified atom stereocenters. The first-order valence-electron chi connectivity index (χ1n) is 5.78. The van der Waals surface area contributed by atoms with Crippen LogP contribution in [0.5, 0.6) is 0 Å². The Bertz CT molecular complexity index is 420. The quantitative estimate of drug-likeness (QED) is 0.588. The lowest BCUT2D eigenvalue weighted by Crippen LogP contribution is -2.25. The molecule has 4 nitrogen and oxygen atoms in total. The summed E-state index contributed by atoms with van der Waals surface area (Å²) in [6.07, 6.45) is 3.34. The van der Waals surface area contributed by atoms with E-state index in [1.807, 2.05) is 24.5 Å². The van der Waals surface area contributed by atoms with Crippen molar-refractivity contribution in [3.63, 3.8) is 0 Å². The van der Waals surface area contributed by atoms with E-state index in [4.69, 9.17) is 5.11 Å². The molecule has 1 rings (SSSR count). The summed E-state index contributed by atoms with van der Waals surface area (Å²) in [7, 11) is 0. The number of unbranched alkanes of at least 4 members (excludes halogenated alkanes) is 1. The number of amides is 1. The molecule has 0 aromatic heterocycles. The van der Waals surface area contributed by atoms with Crippen molar-refractivity contribution in [2.75, 3.05) is 12.8 Å². The molecule has 1 aromatic rings. The Kier molecular flexibility index (Phi) is 6.28. The highest BCUT2D eigenvalue weighted by Crippen LogP contribution is 2.19. The minimum absolute atomic E-state index is 0.102. The van der Waals surface area contributed by atoms with E-state index in [2.05, 4.69) is 5.32 Å². The molecule has 0 bridgehead atoms. The molecule has 0 radical (unpaired) electrons. The van der Waals surface area contributed by atoms with E-state index in [1.54, 1.807) is 6.07 Å². The molecular weight excluding hydrogens is 250 g/mol. The Morgan fingerprint density at radius 3 is 2.67 bits per heavy atom. The number of hydrogen-bond acceptors (Lipinski definition) is 3. The number of nitrogens with one attached hydrogen (secondary N) is 1. The normalized spacial score (nSPS) is 10.1. The largest absolute Gasteiger partial charge is 0.481 e. The predicted octanol–water partition coefficient (Wildman–Crippen LogP) is 2.39. The van der Waals surface area contributed by atoms with Gasteiger partial charge in [-0.1, -0.05) is 12.1 Å². The van der Waals surface area contributed by atoms with Crippen LogP contribution in [-0.4, -0.2) is 29.8 Å². The Hall–Kier alpha value is -1.49. The fraction of sp³-hybridized carbons (Fsp3) is 0.385. The topological polar surface area (TPSA) is 66.4 Å². The summed E-state index contributed by atoms with van der Waals surface area (Å²) in [5.41, 5.74) is 0.670. The van der Waals surface area contributed by atoms with Crippen LogP contribution in [0.2, 0.25) is 0 Å². The molecule has 0 aliphatic heterocycles. The summed E-state index contributed by atoms with van der Waals surface area (Å²) in [5, 5.41) is 11.3. The minimum Gasteiger partial charge on any atom is -0.481 e. The molecule has 0 fully saturated rings. The lowest BCUT2D eigenvalue weighted by atomic mass is 10.2. The first-order chi connectivity index (χ1) is 8.65. The molecule has 0 saturated heterocycles. The van der Waals surface area contributed by atoms with E-state index in [9.17, 15) is 9.59 Å². The standard InChI is InChI=1S/C13H17NO3S/c1-18-11-7-3-2-6-10(11)13(17)14-9-5-4-8-12(15)16/h2-3,6-7H,4-5,8-9H2,1H3,(H,14,17)(H,15,16). The Morgan fingerprint density at radius 2 is 2.00 bits per heavy atom. The third kappa shape index (κ3) is 4.79. The van der Waals surface area contributed by atoms with E-state index >= 15 is 0 Å². The maximum absolute atomic E-state index is 11.9. The van der Waals surface area contributed by atoms with Gasteiger partial charge in [0, 0.05) is 17.9 Å². The van der Waals surface area contributed by atoms with Crippen molar-refractivity contribution >= 4 is 23.6 Å². The number of carbonyl (C=O) groups excluding carboxylic acids is 1. The number of hydrogen-bond donors (Lipinski definition) is 2. The van der Waals surface area contributed by atoms with Gasteiger partial charge in [-0.05, 0) is 31.2 Å². The maximum atomic E-state index is 11.9. The molecule has 18 heavy (non-hydrogen) atoms. The number of carboxylic acid groups (broad SMARTS) is 1. The van der Waals surface area contributed by atoms with Crippen LogP contribution in [0.25, 0.3) is 0 Å². The highest BCUT2D eigenvalue weighted by atomic mass is 32.2. The zero-order valence-electron chi connectivity index (χ0n) is 10.3. The number of rotatable bonds is 7. The number of carboxylic acids is 1. The Labute approximate surface area is 111 Å². The van der Waals surface area contributed by atoms with Gasteiger partial charge in [-0.2, -0.15) is 0 Å². The van der Waals surface area contributed by atoms with Gasteiger partial charge in [-0.15, -0.1) is 11.8 Å². The van der Waals surface area contributed by atoms with Crippen molar-refractivity contribution < 1.29 is 14.7 Å². The number of aliphatic carboxylic acids is 1. The lowest BCUT2D eigenvalue weighted by molar-refractivity contribution is -0.137. The van der Waals surface area contributed by atoms with Crippen molar-refractivity contribution in [3.8, 4) is 0 Å². The van der Waals surface area contributed by atoms with Gasteiger partial charge >= 0.3 is 5.97 Å². The summed E-state index contributed by atoms with van der Waals surface area (Å²) in [6, 6.07) is 7.43. The lowest BCUT2D eigenvalue weighted by Gasteiger charge is -2.07. The molecule has 0 saturated carbocycles. The number of benzene rings is 1. The average Bonchev–Trinajstić information content (AvgIpc) is 2.37. The van der Waals surface area contributed by atoms with Crippen LogP contribution in [0.15, 0.2) is 29.2 Å². The van der Waals surface area contributed by atoms with E-state index in [1.165, 1.54) is 11.8 Å². The van der Waals surface area contributed by atoms with Gasteiger partial charge in [0.15, 0.2) is 0 Å². The van der Waals surface area contributed by atoms with Gasteiger partial charge in [-0.3, -0.25) is 9.59 Å². The van der Waals surface area contributed by atoms with Gasteiger partial charge in [0.1, 0.15) is 0 Å². The SMILES string of the molecule is CSc1ccccc1C(=O)NCCCCC(=O)O. The molecule has 5 heteroatoms. The summed E-state index contributed by atoms with van der Waals surface area (Å²) in [4.78, 5) is 23.1. The van der Waals surface area contributed by atoms with Crippen molar-refractivity contribution in [3.05, 3.63) is 29.8 Å². The number of thioether (sulfide) groups is 1. The Balaban J connectivity index is 2.38. The molecular formula is C13H17NO3S. The first-order valence-corrected chi connectivity index (χ1v) is 7.00. The molecule has 0 aliphatic rings. The van der Waals surface area contributed by atoms with Crippen LogP contribution in [0.3, 0.4) is 0 Å². The average molecular weight is 267 g/mol. The summed E-state index contributed by atoms with van der Waals surface area (Å²) >= 11 is 1.53. The molecule has 0 spiro atoms. The summed E-state index contributed by atoms with van der Waals surface area (Å²) in [6.45, 7) is 0.509. The predicted molar refractivity (Wildman–Crippen MR) is 72.0 cm³/mol. The van der Waals surface area contributed by atoms with E-state index < -0.39 is 5.97 Å². The van der Waals surface area contributed by atoms with Gasteiger partial charge in [0.05, 0.1) is 5.56 Å². The second-order valence-corrected chi connectivity index (χ2v) is 4.66. The monoisotopic (exact) mass is 267 g/mol.